The molecule has 0 amide bonds. The molecule has 0 unspecified atom stereocenters. The molecule has 316 valence electrons. The first-order valence-electron chi connectivity index (χ1n) is 23.2. The molecule has 0 radical (unpaired) electrons. The number of rotatable bonds is 5. The summed E-state index contributed by atoms with van der Waals surface area (Å²) in [5.41, 5.74) is 12.2. The predicted octanol–water partition coefficient (Wildman–Crippen LogP) is 15.3. The van der Waals surface area contributed by atoms with E-state index in [0.717, 1.165) is 73.2 Å². The van der Waals surface area contributed by atoms with Crippen LogP contribution in [-0.4, -0.2) is 11.3 Å². The van der Waals surface area contributed by atoms with Crippen LogP contribution in [-0.2, 0) is 0 Å². The van der Waals surface area contributed by atoms with Crippen molar-refractivity contribution in [3.05, 3.63) is 224 Å². The molecule has 6 heteroatoms. The van der Waals surface area contributed by atoms with Crippen molar-refractivity contribution in [2.24, 2.45) is 0 Å². The summed E-state index contributed by atoms with van der Waals surface area (Å²) in [6.07, 6.45) is 0. The van der Waals surface area contributed by atoms with Gasteiger partial charge < -0.3 is 18.9 Å². The van der Waals surface area contributed by atoms with Crippen LogP contribution in [0.4, 0.5) is 17.1 Å². The van der Waals surface area contributed by atoms with E-state index >= 15 is 0 Å². The molecule has 0 N–H and O–H groups in total. The number of ether oxygens (including phenoxy) is 2. The van der Waals surface area contributed by atoms with Crippen molar-refractivity contribution in [3.63, 3.8) is 0 Å². The molecular weight excluding hydrogens is 848 g/mol. The minimum absolute atomic E-state index is 0.140. The molecule has 4 nitrogen and oxygen atoms in total. The monoisotopic (exact) mass is 884 g/mol. The second-order valence-corrected chi connectivity index (χ2v) is 19.0. The normalized spacial score (nSPS) is 12.6. The van der Waals surface area contributed by atoms with Crippen LogP contribution in [0.3, 0.4) is 0 Å². The van der Waals surface area contributed by atoms with E-state index in [1.54, 1.807) is 0 Å². The van der Waals surface area contributed by atoms with Crippen LogP contribution < -0.4 is 30.8 Å². The number of fused-ring (bicyclic) bond motifs is 15. The number of hydrogen-bond acceptors (Lipinski definition) is 4. The van der Waals surface area contributed by atoms with Crippen molar-refractivity contribution in [1.29, 1.82) is 0 Å². The van der Waals surface area contributed by atoms with Crippen molar-refractivity contribution in [1.82, 2.24) is 4.57 Å². The molecule has 0 saturated carbocycles. The summed E-state index contributed by atoms with van der Waals surface area (Å²) in [5, 5.41) is 9.71. The zero-order chi connectivity index (χ0) is 44.5. The van der Waals surface area contributed by atoms with Crippen LogP contribution in [0, 0.1) is 0 Å². The third-order valence-corrected chi connectivity index (χ3v) is 15.5. The minimum Gasteiger partial charge on any atom is -0.458 e. The van der Waals surface area contributed by atoms with Crippen LogP contribution in [0.1, 0.15) is 0 Å². The van der Waals surface area contributed by atoms with Crippen molar-refractivity contribution >= 4 is 115 Å². The van der Waals surface area contributed by atoms with Crippen LogP contribution in [0.25, 0.3) is 80.3 Å². The average molecular weight is 885 g/mol. The highest BCUT2D eigenvalue weighted by atomic mass is 32.1. The molecule has 2 aliphatic rings. The highest BCUT2D eigenvalue weighted by molar-refractivity contribution is 7.26. The maximum Gasteiger partial charge on any atom is 0.261 e. The highest BCUT2D eigenvalue weighted by Gasteiger charge is 2.42. The van der Waals surface area contributed by atoms with E-state index in [0.29, 0.717) is 0 Å². The summed E-state index contributed by atoms with van der Waals surface area (Å²) in [6.45, 7) is -0.140. The van der Waals surface area contributed by atoms with Gasteiger partial charge in [0.25, 0.3) is 6.71 Å². The van der Waals surface area contributed by atoms with E-state index in [1.165, 1.54) is 63.6 Å². The first kappa shape index (κ1) is 37.6. The Hall–Kier alpha value is -8.58. The summed E-state index contributed by atoms with van der Waals surface area (Å²) in [4.78, 5) is 2.39. The predicted molar refractivity (Wildman–Crippen MR) is 286 cm³/mol. The van der Waals surface area contributed by atoms with Gasteiger partial charge in [0.1, 0.15) is 23.0 Å². The lowest BCUT2D eigenvalue weighted by molar-refractivity contribution is 0.468. The maximum atomic E-state index is 7.27. The van der Waals surface area contributed by atoms with E-state index in [9.17, 15) is 0 Å². The standard InChI is InChI=1S/C62H37BN2O2S/c1-2-15-40(16-3-1)64(54-27-14-24-50-47-21-10-13-28-58(47)68-62(50)54)42-33-34-51-55(37-42)66-56-35-39(38-29-31-41(32-30-38)65-52-25-11-8-19-45(52)46-20-9-12-26-53(46)65)36-57-60(56)63(51)59-48-22-6-4-17-43(48)44-18-5-7-23-49(44)61(59)67-57/h1-37H. The Morgan fingerprint density at radius 1 is 0.397 bits per heavy atom. The van der Waals surface area contributed by atoms with Gasteiger partial charge in [0.15, 0.2) is 0 Å². The number of anilines is 3. The molecule has 2 aromatic heterocycles. The van der Waals surface area contributed by atoms with E-state index in [2.05, 4.69) is 234 Å². The summed E-state index contributed by atoms with van der Waals surface area (Å²) >= 11 is 1.84. The first-order valence-corrected chi connectivity index (χ1v) is 24.0. The zero-order valence-electron chi connectivity index (χ0n) is 36.6. The lowest BCUT2D eigenvalue weighted by Gasteiger charge is -2.35. The average Bonchev–Trinajstić information content (AvgIpc) is 3.95. The Labute approximate surface area is 396 Å². The van der Waals surface area contributed by atoms with Crippen molar-refractivity contribution in [3.8, 4) is 39.8 Å². The van der Waals surface area contributed by atoms with Gasteiger partial charge in [0.2, 0.25) is 0 Å². The fraction of sp³-hybridized carbons (Fsp3) is 0. The first-order chi connectivity index (χ1) is 33.7. The summed E-state index contributed by atoms with van der Waals surface area (Å²) in [6, 6.07) is 81.1. The molecule has 0 bridgehead atoms. The molecule has 4 heterocycles. The van der Waals surface area contributed by atoms with Crippen molar-refractivity contribution in [2.75, 3.05) is 4.90 Å². The topological polar surface area (TPSA) is 26.6 Å². The van der Waals surface area contributed by atoms with E-state index < -0.39 is 0 Å². The van der Waals surface area contributed by atoms with E-state index in [1.807, 2.05) is 11.3 Å². The lowest BCUT2D eigenvalue weighted by Crippen LogP contribution is -2.57. The fourth-order valence-electron chi connectivity index (χ4n) is 11.3. The Morgan fingerprint density at radius 3 is 1.75 bits per heavy atom. The summed E-state index contributed by atoms with van der Waals surface area (Å²) in [7, 11) is 0. The van der Waals surface area contributed by atoms with Gasteiger partial charge in [-0.1, -0.05) is 152 Å². The third kappa shape index (κ3) is 5.43. The summed E-state index contributed by atoms with van der Waals surface area (Å²) < 4.78 is 19.4. The molecular formula is C62H37BN2O2S. The number of aromatic nitrogens is 1. The number of hydrogen-bond donors (Lipinski definition) is 0. The number of para-hydroxylation sites is 3. The molecule has 13 aromatic rings. The van der Waals surface area contributed by atoms with Gasteiger partial charge in [-0.25, -0.2) is 0 Å². The molecule has 11 aromatic carbocycles. The van der Waals surface area contributed by atoms with Crippen molar-refractivity contribution < 1.29 is 9.47 Å². The van der Waals surface area contributed by atoms with Gasteiger partial charge in [-0.15, -0.1) is 11.3 Å². The van der Waals surface area contributed by atoms with Gasteiger partial charge in [0, 0.05) is 60.2 Å². The zero-order valence-corrected chi connectivity index (χ0v) is 37.4. The molecule has 68 heavy (non-hydrogen) atoms. The van der Waals surface area contributed by atoms with Crippen LogP contribution in [0.15, 0.2) is 224 Å². The SMILES string of the molecule is c1ccc(N(c2ccc3c(c2)Oc2cc(-c4ccc(-n5c6ccccc6c6ccccc65)cc4)cc4c2B3c2c(c3ccccc3c3ccccc23)O4)c2cccc3c2sc2ccccc23)cc1. The Kier molecular flexibility index (Phi) is 8.00. The van der Waals surface area contributed by atoms with Gasteiger partial charge in [0.05, 0.1) is 21.4 Å². The van der Waals surface area contributed by atoms with Gasteiger partial charge >= 0.3 is 0 Å². The maximum absolute atomic E-state index is 7.27. The molecule has 0 spiro atoms. The van der Waals surface area contributed by atoms with Gasteiger partial charge in [-0.05, 0) is 105 Å². The second kappa shape index (κ2) is 14.5. The smallest absolute Gasteiger partial charge is 0.261 e. The van der Waals surface area contributed by atoms with E-state index in [4.69, 9.17) is 9.47 Å². The van der Waals surface area contributed by atoms with Crippen molar-refractivity contribution in [2.45, 2.75) is 0 Å². The van der Waals surface area contributed by atoms with E-state index in [-0.39, 0.29) is 6.71 Å². The van der Waals surface area contributed by atoms with Gasteiger partial charge in [-0.2, -0.15) is 0 Å². The van der Waals surface area contributed by atoms with Crippen LogP contribution in [0.5, 0.6) is 23.0 Å². The quantitative estimate of drug-likeness (QED) is 0.127. The Bertz CT molecular complexity index is 4180. The molecule has 0 atom stereocenters. The largest absolute Gasteiger partial charge is 0.458 e. The lowest BCUT2D eigenvalue weighted by atomic mass is 9.34. The Morgan fingerprint density at radius 2 is 1.00 bits per heavy atom. The number of benzene rings is 11. The van der Waals surface area contributed by atoms with Gasteiger partial charge in [-0.3, -0.25) is 0 Å². The third-order valence-electron chi connectivity index (χ3n) is 14.3. The molecule has 0 fully saturated rings. The van der Waals surface area contributed by atoms with Crippen LogP contribution in [0.2, 0.25) is 0 Å². The second-order valence-electron chi connectivity index (χ2n) is 17.9. The molecule has 15 rings (SSSR count). The molecule has 0 aliphatic carbocycles. The van der Waals surface area contributed by atoms with Crippen LogP contribution >= 0.6 is 11.3 Å². The summed E-state index contributed by atoms with van der Waals surface area (Å²) in [5.74, 6) is 3.36. The highest BCUT2D eigenvalue weighted by Crippen LogP contribution is 2.47. The molecule has 0 saturated heterocycles. The molecule has 2 aliphatic heterocycles. The fourth-order valence-corrected chi connectivity index (χ4v) is 12.5. The number of nitrogens with zero attached hydrogens (tertiary/aromatic N) is 2. The number of thiophene rings is 1. The minimum atomic E-state index is -0.140. The Balaban J connectivity index is 0.932.